The van der Waals surface area contributed by atoms with Crippen LogP contribution in [-0.4, -0.2) is 48.3 Å². The second-order valence-corrected chi connectivity index (χ2v) is 8.59. The maximum absolute atomic E-state index is 11.6. The Labute approximate surface area is 145 Å². The molecule has 136 valence electrons. The molecule has 0 aliphatic heterocycles. The second kappa shape index (κ2) is 6.32. The molecule has 0 radical (unpaired) electrons. The Bertz CT molecular complexity index is 817. The van der Waals surface area contributed by atoms with Gasteiger partial charge < -0.3 is 24.4 Å². The molecule has 3 N–H and O–H groups in total. The van der Waals surface area contributed by atoms with Crippen LogP contribution < -0.4 is 5.32 Å². The summed E-state index contributed by atoms with van der Waals surface area (Å²) in [5.74, 6) is -0.473. The highest BCUT2D eigenvalue weighted by molar-refractivity contribution is 7.52. The Morgan fingerprint density at radius 1 is 1.28 bits per heavy atom. The molecule has 2 aliphatic rings. The van der Waals surface area contributed by atoms with E-state index in [1.54, 1.807) is 6.33 Å². The number of anilines is 1. The highest BCUT2D eigenvalue weighted by Crippen LogP contribution is 2.51. The largest absolute Gasteiger partial charge is 0.369 e. The SMILES string of the molecule is COC(C1CCC(n2cnc3c(NC4CC4)ncnc32)C1)P(=O)(O)O. The maximum atomic E-state index is 11.6. The zero-order chi connectivity index (χ0) is 17.6. The number of fused-ring (bicyclic) bond motifs is 1. The van der Waals surface area contributed by atoms with E-state index < -0.39 is 13.4 Å². The predicted octanol–water partition coefficient (Wildman–Crippen LogP) is 1.89. The van der Waals surface area contributed by atoms with E-state index in [1.165, 1.54) is 13.4 Å². The minimum atomic E-state index is -4.28. The van der Waals surface area contributed by atoms with Gasteiger partial charge in [0.1, 0.15) is 11.8 Å². The van der Waals surface area contributed by atoms with Crippen LogP contribution in [0.2, 0.25) is 0 Å². The third-order valence-corrected chi connectivity index (χ3v) is 6.39. The van der Waals surface area contributed by atoms with E-state index in [-0.39, 0.29) is 12.0 Å². The molecule has 2 aliphatic carbocycles. The third kappa shape index (κ3) is 3.29. The van der Waals surface area contributed by atoms with Crippen LogP contribution in [0.1, 0.15) is 38.1 Å². The average molecular weight is 367 g/mol. The molecule has 10 heteroatoms. The van der Waals surface area contributed by atoms with Crippen molar-refractivity contribution in [2.24, 2.45) is 5.92 Å². The Balaban J connectivity index is 1.57. The van der Waals surface area contributed by atoms with Crippen molar-refractivity contribution in [3.05, 3.63) is 12.7 Å². The van der Waals surface area contributed by atoms with Gasteiger partial charge in [0.05, 0.1) is 6.33 Å². The monoisotopic (exact) mass is 367 g/mol. The number of rotatable bonds is 6. The fourth-order valence-electron chi connectivity index (χ4n) is 3.75. The number of hydrogen-bond acceptors (Lipinski definition) is 6. The van der Waals surface area contributed by atoms with Crippen LogP contribution >= 0.6 is 7.60 Å². The minimum Gasteiger partial charge on any atom is -0.369 e. The number of nitrogens with one attached hydrogen (secondary N) is 1. The zero-order valence-electron chi connectivity index (χ0n) is 13.9. The van der Waals surface area contributed by atoms with Crippen LogP contribution in [0.5, 0.6) is 0 Å². The summed E-state index contributed by atoms with van der Waals surface area (Å²) >= 11 is 0. The minimum absolute atomic E-state index is 0.0999. The molecule has 0 bridgehead atoms. The molecule has 2 aromatic rings. The Kier molecular flexibility index (Phi) is 4.27. The van der Waals surface area contributed by atoms with Crippen molar-refractivity contribution in [1.29, 1.82) is 0 Å². The Morgan fingerprint density at radius 2 is 2.08 bits per heavy atom. The highest BCUT2D eigenvalue weighted by atomic mass is 31.2. The molecule has 25 heavy (non-hydrogen) atoms. The van der Waals surface area contributed by atoms with Gasteiger partial charge in [-0.1, -0.05) is 0 Å². The summed E-state index contributed by atoms with van der Waals surface area (Å²) in [6, 6.07) is 0.577. The van der Waals surface area contributed by atoms with Gasteiger partial charge >= 0.3 is 7.60 Å². The zero-order valence-corrected chi connectivity index (χ0v) is 14.8. The van der Waals surface area contributed by atoms with Crippen LogP contribution in [0.15, 0.2) is 12.7 Å². The molecule has 2 fully saturated rings. The quantitative estimate of drug-likeness (QED) is 0.662. The van der Waals surface area contributed by atoms with Gasteiger partial charge in [0.15, 0.2) is 17.3 Å². The van der Waals surface area contributed by atoms with E-state index in [4.69, 9.17) is 4.74 Å². The first kappa shape index (κ1) is 16.9. The van der Waals surface area contributed by atoms with E-state index in [0.29, 0.717) is 18.9 Å². The van der Waals surface area contributed by atoms with E-state index in [9.17, 15) is 14.4 Å². The van der Waals surface area contributed by atoms with Crippen LogP contribution in [-0.2, 0) is 9.30 Å². The number of ether oxygens (including phenoxy) is 1. The fraction of sp³-hybridized carbons (Fsp3) is 0.667. The second-order valence-electron chi connectivity index (χ2n) is 6.91. The normalized spacial score (nSPS) is 25.4. The molecule has 3 unspecified atom stereocenters. The molecule has 0 amide bonds. The van der Waals surface area contributed by atoms with Gasteiger partial charge in [0.25, 0.3) is 0 Å². The van der Waals surface area contributed by atoms with Gasteiger partial charge in [-0.15, -0.1) is 0 Å². The van der Waals surface area contributed by atoms with Gasteiger partial charge in [-0.3, -0.25) is 4.57 Å². The molecule has 2 saturated carbocycles. The lowest BCUT2D eigenvalue weighted by Crippen LogP contribution is -2.21. The van der Waals surface area contributed by atoms with Gasteiger partial charge in [0.2, 0.25) is 0 Å². The Hall–Kier alpha value is -1.54. The standard InChI is InChI=1S/C15H22N5O4P/c1-24-15(25(21,22)23)9-2-5-11(6-9)20-8-18-12-13(19-10-3-4-10)16-7-17-14(12)20/h7-11,15H,2-6H2,1H3,(H,16,17,19)(H2,21,22,23). The molecule has 4 rings (SSSR count). The smallest absolute Gasteiger partial charge is 0.354 e. The summed E-state index contributed by atoms with van der Waals surface area (Å²) in [6.45, 7) is 0. The van der Waals surface area contributed by atoms with E-state index in [1.807, 2.05) is 4.57 Å². The van der Waals surface area contributed by atoms with Gasteiger partial charge in [-0.05, 0) is 38.0 Å². The van der Waals surface area contributed by atoms with E-state index in [2.05, 4.69) is 20.3 Å². The van der Waals surface area contributed by atoms with Gasteiger partial charge in [0, 0.05) is 19.2 Å². The molecule has 0 spiro atoms. The van der Waals surface area contributed by atoms with Crippen LogP contribution in [0.25, 0.3) is 11.2 Å². The van der Waals surface area contributed by atoms with E-state index >= 15 is 0 Å². The van der Waals surface area contributed by atoms with Crippen LogP contribution in [0.4, 0.5) is 5.82 Å². The highest BCUT2D eigenvalue weighted by Gasteiger charge is 2.41. The van der Waals surface area contributed by atoms with Crippen LogP contribution in [0, 0.1) is 5.92 Å². The predicted molar refractivity (Wildman–Crippen MR) is 91.2 cm³/mol. The fourth-order valence-corrected chi connectivity index (χ4v) is 4.85. The molecule has 0 saturated heterocycles. The lowest BCUT2D eigenvalue weighted by molar-refractivity contribution is 0.0905. The van der Waals surface area contributed by atoms with Crippen molar-refractivity contribution in [3.8, 4) is 0 Å². The van der Waals surface area contributed by atoms with Gasteiger partial charge in [-0.25, -0.2) is 15.0 Å². The molecular weight excluding hydrogens is 345 g/mol. The van der Waals surface area contributed by atoms with Crippen molar-refractivity contribution in [3.63, 3.8) is 0 Å². The summed E-state index contributed by atoms with van der Waals surface area (Å²) in [5, 5.41) is 3.37. The summed E-state index contributed by atoms with van der Waals surface area (Å²) in [7, 11) is -2.92. The summed E-state index contributed by atoms with van der Waals surface area (Å²) < 4.78 is 18.7. The molecule has 3 atom stereocenters. The average Bonchev–Trinajstić information content (AvgIpc) is 3.07. The van der Waals surface area contributed by atoms with Crippen molar-refractivity contribution in [2.45, 2.75) is 50.0 Å². The van der Waals surface area contributed by atoms with Crippen molar-refractivity contribution in [2.75, 3.05) is 12.4 Å². The molecule has 0 aromatic carbocycles. The number of aromatic nitrogens is 4. The molecule has 9 nitrogen and oxygen atoms in total. The van der Waals surface area contributed by atoms with Crippen molar-refractivity contribution >= 4 is 24.6 Å². The first-order valence-electron chi connectivity index (χ1n) is 8.49. The lowest BCUT2D eigenvalue weighted by atomic mass is 10.1. The first-order valence-corrected chi connectivity index (χ1v) is 10.2. The van der Waals surface area contributed by atoms with E-state index in [0.717, 1.165) is 36.2 Å². The van der Waals surface area contributed by atoms with Crippen molar-refractivity contribution in [1.82, 2.24) is 19.5 Å². The molecular formula is C15H22N5O4P. The summed E-state index contributed by atoms with van der Waals surface area (Å²) in [5.41, 5.74) is 1.50. The topological polar surface area (TPSA) is 122 Å². The van der Waals surface area contributed by atoms with Crippen molar-refractivity contribution < 1.29 is 19.1 Å². The number of nitrogens with zero attached hydrogens (tertiary/aromatic N) is 4. The number of hydrogen-bond donors (Lipinski definition) is 3. The van der Waals surface area contributed by atoms with Crippen LogP contribution in [0.3, 0.4) is 0 Å². The lowest BCUT2D eigenvalue weighted by Gasteiger charge is -2.23. The third-order valence-electron chi connectivity index (χ3n) is 5.09. The summed E-state index contributed by atoms with van der Waals surface area (Å²) in [6.07, 6.45) is 7.73. The van der Waals surface area contributed by atoms with Gasteiger partial charge in [-0.2, -0.15) is 0 Å². The Morgan fingerprint density at radius 3 is 2.76 bits per heavy atom. The summed E-state index contributed by atoms with van der Waals surface area (Å²) in [4.78, 5) is 32.1. The number of imidazole rings is 1. The first-order chi connectivity index (χ1) is 12.0. The maximum Gasteiger partial charge on any atom is 0.354 e. The number of methoxy groups -OCH3 is 1. The molecule has 2 aromatic heterocycles. The molecule has 2 heterocycles.